The van der Waals surface area contributed by atoms with Crippen molar-refractivity contribution >= 4 is 34.4 Å². The minimum atomic E-state index is -4.61. The lowest BCUT2D eigenvalue weighted by atomic mass is 9.91. The van der Waals surface area contributed by atoms with Gasteiger partial charge in [0.05, 0.1) is 17.8 Å². The van der Waals surface area contributed by atoms with E-state index in [-0.39, 0.29) is 17.1 Å². The fourth-order valence-corrected chi connectivity index (χ4v) is 5.41. The highest BCUT2D eigenvalue weighted by Crippen LogP contribution is 2.39. The summed E-state index contributed by atoms with van der Waals surface area (Å²) in [7, 11) is 0. The Hall–Kier alpha value is -4.43. The maximum atomic E-state index is 13.9. The highest BCUT2D eigenvalue weighted by Gasteiger charge is 2.34. The van der Waals surface area contributed by atoms with Crippen molar-refractivity contribution in [1.82, 2.24) is 9.78 Å². The van der Waals surface area contributed by atoms with E-state index in [0.717, 1.165) is 42.4 Å². The number of halogens is 5. The standard InChI is InChI=1S/C32H21ClF4N2O2/c33-29-16-23(34)11-10-21(29)17-39-31(27-8-3-9-28(30(27)38-39)32(35,36)37)20-5-2-7-24(15-20)41-25-12-13-26-19(14-25)4-1-6-22(26)18-40/h2-3,5-16,18H,1,4,17H2. The highest BCUT2D eigenvalue weighted by molar-refractivity contribution is 6.31. The summed E-state index contributed by atoms with van der Waals surface area (Å²) in [5, 5.41) is 4.81. The summed E-state index contributed by atoms with van der Waals surface area (Å²) in [4.78, 5) is 11.4. The van der Waals surface area contributed by atoms with Crippen LogP contribution in [0.15, 0.2) is 84.9 Å². The van der Waals surface area contributed by atoms with E-state index in [9.17, 15) is 22.4 Å². The first kappa shape index (κ1) is 26.8. The van der Waals surface area contributed by atoms with Gasteiger partial charge < -0.3 is 4.74 Å². The van der Waals surface area contributed by atoms with Crippen LogP contribution in [-0.4, -0.2) is 16.1 Å². The van der Waals surface area contributed by atoms with Crippen molar-refractivity contribution in [2.45, 2.75) is 25.6 Å². The van der Waals surface area contributed by atoms with Gasteiger partial charge in [-0.3, -0.25) is 9.48 Å². The predicted octanol–water partition coefficient (Wildman–Crippen LogP) is 8.88. The number of hydrogen-bond donors (Lipinski definition) is 0. The first-order valence-corrected chi connectivity index (χ1v) is 13.2. The molecule has 5 aromatic rings. The average molecular weight is 577 g/mol. The molecule has 9 heteroatoms. The molecular weight excluding hydrogens is 556 g/mol. The van der Waals surface area contributed by atoms with Crippen LogP contribution in [0.5, 0.6) is 11.5 Å². The first-order valence-electron chi connectivity index (χ1n) is 12.8. The van der Waals surface area contributed by atoms with E-state index in [4.69, 9.17) is 16.3 Å². The molecule has 0 aliphatic heterocycles. The smallest absolute Gasteiger partial charge is 0.418 e. The van der Waals surface area contributed by atoms with Crippen molar-refractivity contribution in [2.75, 3.05) is 0 Å². The zero-order chi connectivity index (χ0) is 28.7. The molecule has 206 valence electrons. The van der Waals surface area contributed by atoms with Crippen molar-refractivity contribution in [2.24, 2.45) is 0 Å². The molecule has 1 aromatic heterocycles. The van der Waals surface area contributed by atoms with E-state index in [2.05, 4.69) is 5.10 Å². The molecule has 0 saturated heterocycles. The van der Waals surface area contributed by atoms with Crippen molar-refractivity contribution in [3.8, 4) is 22.8 Å². The van der Waals surface area contributed by atoms with Crippen LogP contribution in [0.3, 0.4) is 0 Å². The SMILES string of the molecule is O=CC1=CCCc2cc(Oc3cccc(-c4c5cccc(C(F)(F)F)c5nn4Cc4ccc(F)cc4Cl)c3)ccc21. The van der Waals surface area contributed by atoms with Gasteiger partial charge in [0.2, 0.25) is 0 Å². The Morgan fingerprint density at radius 1 is 0.976 bits per heavy atom. The van der Waals surface area contributed by atoms with Gasteiger partial charge in [0.1, 0.15) is 29.1 Å². The molecule has 0 bridgehead atoms. The lowest BCUT2D eigenvalue weighted by molar-refractivity contribution is -0.136. The molecule has 41 heavy (non-hydrogen) atoms. The Kier molecular flexibility index (Phi) is 6.87. The van der Waals surface area contributed by atoms with Crippen molar-refractivity contribution in [3.63, 3.8) is 0 Å². The molecule has 0 N–H and O–H groups in total. The maximum absolute atomic E-state index is 13.9. The second-order valence-corrected chi connectivity index (χ2v) is 10.1. The minimum absolute atomic E-state index is 0.0168. The molecule has 0 spiro atoms. The molecular formula is C32H21ClF4N2O2. The molecule has 4 nitrogen and oxygen atoms in total. The van der Waals surface area contributed by atoms with Gasteiger partial charge in [0.15, 0.2) is 0 Å². The number of nitrogens with zero attached hydrogens (tertiary/aromatic N) is 2. The van der Waals surface area contributed by atoms with Gasteiger partial charge in [0, 0.05) is 21.5 Å². The van der Waals surface area contributed by atoms with Crippen LogP contribution in [0.2, 0.25) is 5.02 Å². The molecule has 1 heterocycles. The Balaban J connectivity index is 1.43. The summed E-state index contributed by atoms with van der Waals surface area (Å²) in [6.45, 7) is 0.0168. The van der Waals surface area contributed by atoms with Crippen LogP contribution in [0.1, 0.15) is 28.7 Å². The number of aromatic nitrogens is 2. The Labute approximate surface area is 237 Å². The number of ether oxygens (including phenoxy) is 1. The number of fused-ring (bicyclic) bond motifs is 2. The van der Waals surface area contributed by atoms with E-state index >= 15 is 0 Å². The molecule has 4 aromatic carbocycles. The molecule has 6 rings (SSSR count). The number of allylic oxidation sites excluding steroid dienone is 2. The summed E-state index contributed by atoms with van der Waals surface area (Å²) in [5.74, 6) is 0.523. The second-order valence-electron chi connectivity index (χ2n) is 9.71. The average Bonchev–Trinajstić information content (AvgIpc) is 3.31. The van der Waals surface area contributed by atoms with Gasteiger partial charge in [-0.1, -0.05) is 54.1 Å². The van der Waals surface area contributed by atoms with Crippen LogP contribution in [-0.2, 0) is 23.9 Å². The van der Waals surface area contributed by atoms with Crippen LogP contribution in [0.25, 0.3) is 27.7 Å². The topological polar surface area (TPSA) is 44.1 Å². The largest absolute Gasteiger partial charge is 0.457 e. The third kappa shape index (κ3) is 5.23. The summed E-state index contributed by atoms with van der Waals surface area (Å²) in [5.41, 5.74) is 2.99. The number of aryl methyl sites for hydroxylation is 1. The fourth-order valence-electron chi connectivity index (χ4n) is 5.18. The normalized spacial score (nSPS) is 13.1. The summed E-state index contributed by atoms with van der Waals surface area (Å²) in [6, 6.07) is 20.3. The van der Waals surface area contributed by atoms with Gasteiger partial charge in [-0.15, -0.1) is 0 Å². The molecule has 1 aliphatic rings. The maximum Gasteiger partial charge on any atom is 0.418 e. The molecule has 0 radical (unpaired) electrons. The third-order valence-electron chi connectivity index (χ3n) is 7.05. The van der Waals surface area contributed by atoms with Gasteiger partial charge in [-0.2, -0.15) is 18.3 Å². The third-order valence-corrected chi connectivity index (χ3v) is 7.40. The molecule has 0 fully saturated rings. The van der Waals surface area contributed by atoms with E-state index < -0.39 is 17.6 Å². The number of benzene rings is 4. The molecule has 0 amide bonds. The lowest BCUT2D eigenvalue weighted by Gasteiger charge is -2.16. The quantitative estimate of drug-likeness (QED) is 0.150. The van der Waals surface area contributed by atoms with E-state index in [1.54, 1.807) is 36.4 Å². The number of hydrogen-bond acceptors (Lipinski definition) is 3. The molecule has 1 aliphatic carbocycles. The Morgan fingerprint density at radius 3 is 2.56 bits per heavy atom. The monoisotopic (exact) mass is 576 g/mol. The van der Waals surface area contributed by atoms with E-state index in [0.29, 0.717) is 39.3 Å². The Morgan fingerprint density at radius 2 is 1.78 bits per heavy atom. The van der Waals surface area contributed by atoms with E-state index in [1.807, 2.05) is 18.2 Å². The number of aldehydes is 1. The molecule has 0 unspecified atom stereocenters. The van der Waals surface area contributed by atoms with E-state index in [1.165, 1.54) is 22.9 Å². The van der Waals surface area contributed by atoms with Crippen LogP contribution in [0.4, 0.5) is 17.6 Å². The minimum Gasteiger partial charge on any atom is -0.457 e. The second kappa shape index (κ2) is 10.5. The highest BCUT2D eigenvalue weighted by atomic mass is 35.5. The van der Waals surface area contributed by atoms with Gasteiger partial charge in [-0.25, -0.2) is 4.39 Å². The number of carbonyl (C=O) groups excluding carboxylic acids is 1. The summed E-state index contributed by atoms with van der Waals surface area (Å²) < 4.78 is 63.0. The van der Waals surface area contributed by atoms with Crippen molar-refractivity contribution in [3.05, 3.63) is 118 Å². The number of rotatable bonds is 6. The first-order chi connectivity index (χ1) is 19.7. The number of carbonyl (C=O) groups is 1. The van der Waals surface area contributed by atoms with Gasteiger partial charge in [-0.05, 0) is 72.0 Å². The molecule has 0 saturated carbocycles. The summed E-state index contributed by atoms with van der Waals surface area (Å²) in [6.07, 6.45) is -0.313. The zero-order valence-corrected chi connectivity index (χ0v) is 22.1. The van der Waals surface area contributed by atoms with Crippen LogP contribution in [0, 0.1) is 5.82 Å². The van der Waals surface area contributed by atoms with Gasteiger partial charge in [0.25, 0.3) is 0 Å². The van der Waals surface area contributed by atoms with Crippen molar-refractivity contribution in [1.29, 1.82) is 0 Å². The zero-order valence-electron chi connectivity index (χ0n) is 21.4. The van der Waals surface area contributed by atoms with Gasteiger partial charge >= 0.3 is 6.18 Å². The van der Waals surface area contributed by atoms with Crippen LogP contribution < -0.4 is 4.74 Å². The van der Waals surface area contributed by atoms with Crippen LogP contribution >= 0.6 is 11.6 Å². The lowest BCUT2D eigenvalue weighted by Crippen LogP contribution is -2.07. The number of alkyl halides is 3. The molecule has 0 atom stereocenters. The Bertz CT molecular complexity index is 1840. The fraction of sp³-hybridized carbons (Fsp3) is 0.125. The van der Waals surface area contributed by atoms with Crippen molar-refractivity contribution < 1.29 is 27.1 Å². The summed E-state index contributed by atoms with van der Waals surface area (Å²) >= 11 is 6.26. The predicted molar refractivity (Wildman–Crippen MR) is 150 cm³/mol.